The van der Waals surface area contributed by atoms with E-state index in [9.17, 15) is 14.4 Å². The van der Waals surface area contributed by atoms with E-state index < -0.39 is 28.8 Å². The molecule has 2 amide bonds. The van der Waals surface area contributed by atoms with E-state index in [0.717, 1.165) is 49.9 Å². The molecule has 9 heteroatoms. The molecule has 2 fully saturated rings. The highest BCUT2D eigenvalue weighted by molar-refractivity contribution is 5.87. The Balaban J connectivity index is 1.41. The number of nitrogens with zero attached hydrogens (tertiary/aromatic N) is 2. The third-order valence-corrected chi connectivity index (χ3v) is 10.1. The van der Waals surface area contributed by atoms with Crippen LogP contribution >= 0.6 is 0 Å². The lowest BCUT2D eigenvalue weighted by Crippen LogP contribution is -2.63. The molecule has 1 aliphatic heterocycles. The van der Waals surface area contributed by atoms with Crippen molar-refractivity contribution in [3.05, 3.63) is 83.6 Å². The molecular formula is C42H60N4O5. The molecule has 1 saturated heterocycles. The van der Waals surface area contributed by atoms with Crippen molar-refractivity contribution in [1.82, 2.24) is 15.5 Å². The molecule has 1 aliphatic carbocycles. The molecule has 2 unspecified atom stereocenters. The molecule has 0 radical (unpaired) electrons. The summed E-state index contributed by atoms with van der Waals surface area (Å²) in [5.41, 5.74) is 0.912. The third-order valence-electron chi connectivity index (χ3n) is 10.1. The molecule has 0 aromatic heterocycles. The van der Waals surface area contributed by atoms with Crippen molar-refractivity contribution in [2.24, 2.45) is 10.9 Å². The van der Waals surface area contributed by atoms with E-state index in [1.807, 2.05) is 119 Å². The minimum absolute atomic E-state index is 0.0377. The maximum Gasteiger partial charge on any atom is 0.408 e. The van der Waals surface area contributed by atoms with Gasteiger partial charge in [-0.3, -0.25) is 19.9 Å². The summed E-state index contributed by atoms with van der Waals surface area (Å²) >= 11 is 0. The number of likely N-dealkylation sites (tertiary alicyclic amines) is 1. The van der Waals surface area contributed by atoms with Gasteiger partial charge in [0.25, 0.3) is 0 Å². The Bertz CT molecular complexity index is 1490. The van der Waals surface area contributed by atoms with E-state index >= 15 is 0 Å². The van der Waals surface area contributed by atoms with Gasteiger partial charge in [-0.1, -0.05) is 73.7 Å². The van der Waals surface area contributed by atoms with Crippen LogP contribution in [0.1, 0.15) is 110 Å². The lowest BCUT2D eigenvalue weighted by Gasteiger charge is -2.39. The Morgan fingerprint density at radius 3 is 2.20 bits per heavy atom. The predicted octanol–water partition coefficient (Wildman–Crippen LogP) is 7.75. The first kappa shape index (κ1) is 40.0. The predicted molar refractivity (Wildman–Crippen MR) is 204 cm³/mol. The van der Waals surface area contributed by atoms with E-state index in [1.165, 1.54) is 0 Å². The zero-order valence-electron chi connectivity index (χ0n) is 31.9. The standard InChI is InChI=1S/C42H60N4O5/c1-8-34(43-25-15-20-35(33-18-13-10-14-19-33)38(48)46-26-21-31(2)22-27-46)28-37(47)36(30-50-29-32-16-11-9-12-17-32)44-42(23-24-42)41(6,7)45-39(49)51-40(3,4)5/h8-14,16-19,25,31,35-36,44H,15,20-24,26-30H2,1-7H3,(H,45,49)/b34-8-,43-25?. The van der Waals surface area contributed by atoms with Crippen LogP contribution in [-0.2, 0) is 25.7 Å². The van der Waals surface area contributed by atoms with Gasteiger partial charge >= 0.3 is 6.09 Å². The van der Waals surface area contributed by atoms with Crippen molar-refractivity contribution in [2.75, 3.05) is 19.7 Å². The SMILES string of the molecule is C/C=C(/CC(=O)C(COCc1ccccc1)NC1(C(C)(C)NC(=O)OC(C)(C)C)CC1)N=CCCC(C(=O)N1CCC(C)CC1)c1ccccc1. The van der Waals surface area contributed by atoms with Crippen LogP contribution in [0.4, 0.5) is 4.79 Å². The highest BCUT2D eigenvalue weighted by Crippen LogP contribution is 2.45. The third kappa shape index (κ3) is 12.1. The summed E-state index contributed by atoms with van der Waals surface area (Å²) in [6.07, 6.45) is 8.27. The molecule has 0 bridgehead atoms. The van der Waals surface area contributed by atoms with Crippen molar-refractivity contribution in [3.8, 4) is 0 Å². The number of alkyl carbamates (subject to hydrolysis) is 1. The number of hydrogen-bond acceptors (Lipinski definition) is 7. The number of benzene rings is 2. The number of carbonyl (C=O) groups is 3. The fourth-order valence-corrected chi connectivity index (χ4v) is 6.69. The fraction of sp³-hybridized carbons (Fsp3) is 0.571. The highest BCUT2D eigenvalue weighted by atomic mass is 16.6. The van der Waals surface area contributed by atoms with E-state index in [2.05, 4.69) is 17.6 Å². The monoisotopic (exact) mass is 700 g/mol. The molecule has 2 atom stereocenters. The zero-order valence-corrected chi connectivity index (χ0v) is 31.9. The van der Waals surface area contributed by atoms with Crippen molar-refractivity contribution in [3.63, 3.8) is 0 Å². The van der Waals surface area contributed by atoms with Crippen LogP contribution in [0, 0.1) is 5.92 Å². The second-order valence-corrected chi connectivity index (χ2v) is 15.8. The lowest BCUT2D eigenvalue weighted by molar-refractivity contribution is -0.134. The van der Waals surface area contributed by atoms with Crippen LogP contribution in [-0.4, -0.2) is 71.3 Å². The molecule has 51 heavy (non-hydrogen) atoms. The van der Waals surface area contributed by atoms with Gasteiger partial charge in [-0.25, -0.2) is 4.79 Å². The van der Waals surface area contributed by atoms with Crippen LogP contribution in [0.25, 0.3) is 0 Å². The topological polar surface area (TPSA) is 109 Å². The van der Waals surface area contributed by atoms with Gasteiger partial charge in [0.1, 0.15) is 5.60 Å². The highest BCUT2D eigenvalue weighted by Gasteiger charge is 2.56. The van der Waals surface area contributed by atoms with Gasteiger partial charge in [0, 0.05) is 30.5 Å². The summed E-state index contributed by atoms with van der Waals surface area (Å²) in [6, 6.07) is 19.3. The number of Topliss-reactive ketones (excluding diaryl/α,β-unsaturated/α-hetero) is 1. The van der Waals surface area contributed by atoms with Crippen LogP contribution in [0.2, 0.25) is 0 Å². The maximum absolute atomic E-state index is 14.0. The Hall–Kier alpha value is -3.82. The number of piperidine rings is 1. The van der Waals surface area contributed by atoms with Gasteiger partial charge in [-0.2, -0.15) is 0 Å². The number of hydrogen-bond donors (Lipinski definition) is 2. The smallest absolute Gasteiger partial charge is 0.408 e. The molecule has 2 aliphatic rings. The second kappa shape index (κ2) is 18.1. The zero-order chi connectivity index (χ0) is 37.1. The van der Waals surface area contributed by atoms with Crippen molar-refractivity contribution < 1.29 is 23.9 Å². The summed E-state index contributed by atoms with van der Waals surface area (Å²) in [5.74, 6) is 0.568. The number of amides is 2. The Labute approximate surface area is 305 Å². The summed E-state index contributed by atoms with van der Waals surface area (Å²) in [6.45, 7) is 15.7. The Morgan fingerprint density at radius 2 is 1.61 bits per heavy atom. The van der Waals surface area contributed by atoms with Gasteiger partial charge in [0.15, 0.2) is 5.78 Å². The summed E-state index contributed by atoms with van der Waals surface area (Å²) in [4.78, 5) is 47.2. The quantitative estimate of drug-likeness (QED) is 0.163. The second-order valence-electron chi connectivity index (χ2n) is 15.8. The van der Waals surface area contributed by atoms with Crippen LogP contribution in [0.3, 0.4) is 0 Å². The van der Waals surface area contributed by atoms with Crippen LogP contribution in [0.5, 0.6) is 0 Å². The van der Waals surface area contributed by atoms with Gasteiger partial charge in [-0.05, 0) is 97.1 Å². The van der Waals surface area contributed by atoms with Crippen molar-refractivity contribution in [1.29, 1.82) is 0 Å². The van der Waals surface area contributed by atoms with Gasteiger partial charge in [0.05, 0.1) is 37.1 Å². The summed E-state index contributed by atoms with van der Waals surface area (Å²) < 4.78 is 11.7. The minimum atomic E-state index is -0.686. The fourth-order valence-electron chi connectivity index (χ4n) is 6.69. The average molecular weight is 701 g/mol. The number of ether oxygens (including phenoxy) is 2. The van der Waals surface area contributed by atoms with E-state index in [0.29, 0.717) is 31.1 Å². The van der Waals surface area contributed by atoms with Gasteiger partial charge in [-0.15, -0.1) is 0 Å². The lowest BCUT2D eigenvalue weighted by atomic mass is 9.90. The van der Waals surface area contributed by atoms with E-state index in [1.54, 1.807) is 0 Å². The summed E-state index contributed by atoms with van der Waals surface area (Å²) in [5, 5.41) is 6.65. The molecule has 1 heterocycles. The van der Waals surface area contributed by atoms with E-state index in [-0.39, 0.29) is 30.6 Å². The van der Waals surface area contributed by atoms with Crippen LogP contribution < -0.4 is 10.6 Å². The number of nitrogens with one attached hydrogen (secondary N) is 2. The average Bonchev–Trinajstić information content (AvgIpc) is 3.88. The molecule has 2 aromatic rings. The molecule has 2 N–H and O–H groups in total. The number of allylic oxidation sites excluding steroid dienone is 2. The van der Waals surface area contributed by atoms with Gasteiger partial charge in [0.2, 0.25) is 5.91 Å². The number of aliphatic imine (C=N–C) groups is 1. The summed E-state index contributed by atoms with van der Waals surface area (Å²) in [7, 11) is 0. The number of carbonyl (C=O) groups excluding carboxylic acids is 3. The van der Waals surface area contributed by atoms with Crippen molar-refractivity contribution >= 4 is 24.0 Å². The first-order valence-electron chi connectivity index (χ1n) is 18.7. The molecule has 4 rings (SSSR count). The first-order chi connectivity index (χ1) is 24.2. The number of ketones is 1. The van der Waals surface area contributed by atoms with Gasteiger partial charge < -0.3 is 19.7 Å². The first-order valence-corrected chi connectivity index (χ1v) is 18.7. The normalized spacial score (nSPS) is 17.9. The number of rotatable bonds is 17. The molecule has 278 valence electrons. The largest absolute Gasteiger partial charge is 0.444 e. The Morgan fingerprint density at radius 1 is 0.980 bits per heavy atom. The molecule has 0 spiro atoms. The molecule has 1 saturated carbocycles. The maximum atomic E-state index is 14.0. The molecule has 2 aromatic carbocycles. The van der Waals surface area contributed by atoms with Crippen LogP contribution in [0.15, 0.2) is 77.4 Å². The molecule has 9 nitrogen and oxygen atoms in total. The minimum Gasteiger partial charge on any atom is -0.444 e. The Kier molecular flexibility index (Phi) is 14.2. The molecular weight excluding hydrogens is 640 g/mol. The van der Waals surface area contributed by atoms with E-state index in [4.69, 9.17) is 14.5 Å². The van der Waals surface area contributed by atoms with Crippen molar-refractivity contribution in [2.45, 2.75) is 129 Å².